The van der Waals surface area contributed by atoms with Gasteiger partial charge in [0, 0.05) is 21.3 Å². The van der Waals surface area contributed by atoms with Gasteiger partial charge in [0.15, 0.2) is 5.82 Å². The van der Waals surface area contributed by atoms with Crippen LogP contribution in [0, 0.1) is 0 Å². The smallest absolute Gasteiger partial charge is 0.259 e. The Morgan fingerprint density at radius 1 is 1.35 bits per heavy atom. The molecule has 1 amide bonds. The zero-order chi connectivity index (χ0) is 14.5. The van der Waals surface area contributed by atoms with Crippen molar-refractivity contribution >= 4 is 45.1 Å². The fourth-order valence-corrected chi connectivity index (χ4v) is 2.34. The third-order valence-electron chi connectivity index (χ3n) is 2.58. The molecule has 104 valence electrons. The van der Waals surface area contributed by atoms with Gasteiger partial charge in [-0.15, -0.1) is 11.8 Å². The number of hydrazine groups is 1. The predicted molar refractivity (Wildman–Crippen MR) is 85.9 cm³/mol. The van der Waals surface area contributed by atoms with E-state index < -0.39 is 0 Å². The molecular formula is C13H13BrN4OS. The van der Waals surface area contributed by atoms with Crippen molar-refractivity contribution in [2.24, 2.45) is 5.84 Å². The van der Waals surface area contributed by atoms with E-state index in [2.05, 4.69) is 31.7 Å². The highest BCUT2D eigenvalue weighted by Crippen LogP contribution is 2.21. The fourth-order valence-electron chi connectivity index (χ4n) is 1.60. The molecular weight excluding hydrogens is 340 g/mol. The monoisotopic (exact) mass is 352 g/mol. The summed E-state index contributed by atoms with van der Waals surface area (Å²) in [7, 11) is 0. The van der Waals surface area contributed by atoms with Crippen LogP contribution in [0.5, 0.6) is 0 Å². The van der Waals surface area contributed by atoms with Gasteiger partial charge < -0.3 is 10.7 Å². The maximum Gasteiger partial charge on any atom is 0.259 e. The van der Waals surface area contributed by atoms with Gasteiger partial charge in [0.05, 0.1) is 5.56 Å². The number of rotatable bonds is 4. The lowest BCUT2D eigenvalue weighted by molar-refractivity contribution is 0.102. The molecule has 0 unspecified atom stereocenters. The summed E-state index contributed by atoms with van der Waals surface area (Å²) in [5, 5.41) is 2.81. The van der Waals surface area contributed by atoms with Crippen LogP contribution in [0.15, 0.2) is 45.9 Å². The molecule has 0 saturated carbocycles. The Bertz CT molecular complexity index is 618. The quantitative estimate of drug-likeness (QED) is 0.447. The van der Waals surface area contributed by atoms with Crippen molar-refractivity contribution in [3.05, 3.63) is 46.6 Å². The fraction of sp³-hybridized carbons (Fsp3) is 0.0769. The van der Waals surface area contributed by atoms with Crippen molar-refractivity contribution in [1.82, 2.24) is 4.98 Å². The van der Waals surface area contributed by atoms with Crippen molar-refractivity contribution in [3.63, 3.8) is 0 Å². The molecule has 1 aromatic heterocycles. The molecule has 0 aliphatic rings. The lowest BCUT2D eigenvalue weighted by atomic mass is 10.2. The number of nitrogen functional groups attached to an aromatic ring is 1. The Morgan fingerprint density at radius 3 is 2.65 bits per heavy atom. The van der Waals surface area contributed by atoms with Gasteiger partial charge in [-0.05, 0) is 52.5 Å². The van der Waals surface area contributed by atoms with E-state index in [1.807, 2.05) is 30.5 Å². The van der Waals surface area contributed by atoms with Gasteiger partial charge >= 0.3 is 0 Å². The highest BCUT2D eigenvalue weighted by atomic mass is 79.9. The maximum atomic E-state index is 12.2. The highest BCUT2D eigenvalue weighted by molar-refractivity contribution is 9.10. The Kier molecular flexibility index (Phi) is 4.99. The van der Waals surface area contributed by atoms with Crippen molar-refractivity contribution in [2.45, 2.75) is 4.90 Å². The van der Waals surface area contributed by atoms with Crippen molar-refractivity contribution in [2.75, 3.05) is 17.0 Å². The van der Waals surface area contributed by atoms with Crippen molar-refractivity contribution < 1.29 is 4.79 Å². The number of halogens is 1. The number of hydrogen-bond acceptors (Lipinski definition) is 5. The second kappa shape index (κ2) is 6.74. The minimum Gasteiger partial charge on any atom is -0.322 e. The molecule has 1 aromatic carbocycles. The van der Waals surface area contributed by atoms with Crippen LogP contribution in [-0.4, -0.2) is 17.1 Å². The summed E-state index contributed by atoms with van der Waals surface area (Å²) >= 11 is 4.93. The summed E-state index contributed by atoms with van der Waals surface area (Å²) in [6, 6.07) is 9.26. The summed E-state index contributed by atoms with van der Waals surface area (Å²) in [5.74, 6) is 5.41. The number of nitrogens with two attached hydrogens (primary N) is 1. The van der Waals surface area contributed by atoms with Gasteiger partial charge in [-0.3, -0.25) is 4.79 Å². The number of nitrogens with zero attached hydrogens (tertiary/aromatic N) is 1. The van der Waals surface area contributed by atoms with E-state index in [0.717, 1.165) is 10.6 Å². The van der Waals surface area contributed by atoms with E-state index in [1.54, 1.807) is 24.0 Å². The van der Waals surface area contributed by atoms with E-state index in [9.17, 15) is 4.79 Å². The summed E-state index contributed by atoms with van der Waals surface area (Å²) in [6.45, 7) is 0. The topological polar surface area (TPSA) is 80.0 Å². The Morgan fingerprint density at radius 2 is 2.05 bits per heavy atom. The van der Waals surface area contributed by atoms with E-state index in [0.29, 0.717) is 15.9 Å². The summed E-state index contributed by atoms with van der Waals surface area (Å²) in [5.41, 5.74) is 3.50. The van der Waals surface area contributed by atoms with Crippen LogP contribution in [0.1, 0.15) is 10.4 Å². The highest BCUT2D eigenvalue weighted by Gasteiger charge is 2.13. The van der Waals surface area contributed by atoms with Gasteiger partial charge in [0.1, 0.15) is 0 Å². The number of hydrogen-bond donors (Lipinski definition) is 3. The second-order valence-corrected chi connectivity index (χ2v) is 5.67. The van der Waals surface area contributed by atoms with E-state index in [4.69, 9.17) is 5.84 Å². The molecule has 0 radical (unpaired) electrons. The molecule has 2 aromatic rings. The molecule has 0 aliphatic heterocycles. The molecule has 1 heterocycles. The molecule has 0 saturated heterocycles. The van der Waals surface area contributed by atoms with Crippen LogP contribution in [0.3, 0.4) is 0 Å². The largest absolute Gasteiger partial charge is 0.322 e. The summed E-state index contributed by atoms with van der Waals surface area (Å²) < 4.78 is 0.708. The van der Waals surface area contributed by atoms with Crippen LogP contribution in [0.4, 0.5) is 11.5 Å². The van der Waals surface area contributed by atoms with E-state index >= 15 is 0 Å². The Hall–Kier alpha value is -1.57. The number of amides is 1. The molecule has 5 nitrogen and oxygen atoms in total. The Balaban J connectivity index is 2.20. The molecule has 0 spiro atoms. The first-order valence-corrected chi connectivity index (χ1v) is 7.73. The van der Waals surface area contributed by atoms with Gasteiger partial charge in [0.25, 0.3) is 5.91 Å². The third kappa shape index (κ3) is 3.50. The minimum absolute atomic E-state index is 0.274. The molecule has 20 heavy (non-hydrogen) atoms. The second-order valence-electron chi connectivity index (χ2n) is 3.88. The lowest BCUT2D eigenvalue weighted by Crippen LogP contribution is -2.18. The van der Waals surface area contributed by atoms with Crippen molar-refractivity contribution in [3.8, 4) is 0 Å². The van der Waals surface area contributed by atoms with Gasteiger partial charge in [-0.1, -0.05) is 0 Å². The molecule has 4 N–H and O–H groups in total. The molecule has 7 heteroatoms. The number of carbonyl (C=O) groups excluding carboxylic acids is 1. The van der Waals surface area contributed by atoms with Crippen LogP contribution in [0.25, 0.3) is 0 Å². The summed E-state index contributed by atoms with van der Waals surface area (Å²) in [4.78, 5) is 17.4. The number of benzene rings is 1. The number of aromatic nitrogens is 1. The first-order chi connectivity index (χ1) is 9.63. The van der Waals surface area contributed by atoms with Crippen LogP contribution in [0.2, 0.25) is 0 Å². The van der Waals surface area contributed by atoms with Crippen LogP contribution < -0.4 is 16.6 Å². The normalized spacial score (nSPS) is 10.2. The molecule has 0 bridgehead atoms. The number of nitrogens with one attached hydrogen (secondary N) is 2. The molecule has 2 rings (SSSR count). The average molecular weight is 353 g/mol. The van der Waals surface area contributed by atoms with Crippen LogP contribution >= 0.6 is 27.7 Å². The number of carbonyl (C=O) groups is 1. The van der Waals surface area contributed by atoms with E-state index in [1.165, 1.54) is 0 Å². The third-order valence-corrected chi connectivity index (χ3v) is 3.76. The summed E-state index contributed by atoms with van der Waals surface area (Å²) in [6.07, 6.45) is 3.57. The number of anilines is 2. The zero-order valence-corrected chi connectivity index (χ0v) is 13.1. The molecule has 0 atom stereocenters. The van der Waals surface area contributed by atoms with E-state index in [-0.39, 0.29) is 5.91 Å². The maximum absolute atomic E-state index is 12.2. The van der Waals surface area contributed by atoms with Crippen molar-refractivity contribution in [1.29, 1.82) is 0 Å². The number of thioether (sulfide) groups is 1. The lowest BCUT2D eigenvalue weighted by Gasteiger charge is -2.09. The standard InChI is InChI=1S/C13H13BrN4OS/c1-20-10-4-2-9(3-5-10)17-13(19)11-6-8(14)7-16-12(11)18-15/h2-7H,15H2,1H3,(H,16,18)(H,17,19). The Labute approximate surface area is 129 Å². The SMILES string of the molecule is CSc1ccc(NC(=O)c2cc(Br)cnc2NN)cc1. The van der Waals surface area contributed by atoms with Gasteiger partial charge in [-0.2, -0.15) is 0 Å². The van der Waals surface area contributed by atoms with Crippen LogP contribution in [-0.2, 0) is 0 Å². The predicted octanol–water partition coefficient (Wildman–Crippen LogP) is 3.10. The zero-order valence-electron chi connectivity index (χ0n) is 10.7. The number of pyridine rings is 1. The first-order valence-electron chi connectivity index (χ1n) is 5.71. The van der Waals surface area contributed by atoms with Gasteiger partial charge in [0.2, 0.25) is 0 Å². The van der Waals surface area contributed by atoms with Gasteiger partial charge in [-0.25, -0.2) is 10.8 Å². The molecule has 0 fully saturated rings. The minimum atomic E-state index is -0.274. The average Bonchev–Trinajstić information content (AvgIpc) is 2.48. The molecule has 0 aliphatic carbocycles. The first kappa shape index (κ1) is 14.8.